The molecule has 0 aliphatic heterocycles. The van der Waals surface area contributed by atoms with E-state index < -0.39 is 19.7 Å². The number of hydrogen-bond donors (Lipinski definition) is 0. The lowest BCUT2D eigenvalue weighted by atomic mass is 10.2. The molecule has 0 radical (unpaired) electrons. The molecule has 0 N–H and O–H groups in total. The number of hydrogen-bond acceptors (Lipinski definition) is 5. The minimum Gasteiger partial charge on any atom is -0.421 e. The van der Waals surface area contributed by atoms with Crippen LogP contribution in [0.1, 0.15) is 11.3 Å². The lowest BCUT2D eigenvalue weighted by Crippen LogP contribution is -2.22. The highest BCUT2D eigenvalue weighted by molar-refractivity contribution is 6.76. The maximum Gasteiger partial charge on any atom is 0.324 e. The van der Waals surface area contributed by atoms with Gasteiger partial charge in [0, 0.05) is 26.9 Å². The van der Waals surface area contributed by atoms with Gasteiger partial charge in [-0.2, -0.15) is 10.1 Å². The zero-order valence-corrected chi connectivity index (χ0v) is 20.3. The molecular weight excluding hydrogens is 454 g/mol. The Labute approximate surface area is 197 Å². The fraction of sp³-hybridized carbons (Fsp3) is 0.240. The molecule has 0 unspecified atom stereocenters. The van der Waals surface area contributed by atoms with Crippen molar-refractivity contribution < 1.29 is 18.3 Å². The van der Waals surface area contributed by atoms with E-state index in [1.807, 2.05) is 42.5 Å². The van der Waals surface area contributed by atoms with Gasteiger partial charge in [-0.3, -0.25) is 0 Å². The Morgan fingerprint density at radius 2 is 1.82 bits per heavy atom. The highest BCUT2D eigenvalue weighted by Gasteiger charge is 2.16. The molecule has 6 nitrogen and oxygen atoms in total. The van der Waals surface area contributed by atoms with Crippen LogP contribution < -0.4 is 4.74 Å². The van der Waals surface area contributed by atoms with Gasteiger partial charge >= 0.3 is 6.01 Å². The first kappa shape index (κ1) is 23.7. The number of fused-ring (bicyclic) bond motifs is 1. The summed E-state index contributed by atoms with van der Waals surface area (Å²) in [6.07, 6.45) is 5.42. The number of aromatic nitrogens is 4. The highest BCUT2D eigenvalue weighted by atomic mass is 28.3. The third-order valence-corrected chi connectivity index (χ3v) is 6.74. The summed E-state index contributed by atoms with van der Waals surface area (Å²) in [4.78, 5) is 8.65. The van der Waals surface area contributed by atoms with Gasteiger partial charge in [-0.25, -0.2) is 18.4 Å². The fourth-order valence-electron chi connectivity index (χ4n) is 3.15. The topological polar surface area (TPSA) is 62.1 Å². The lowest BCUT2D eigenvalue weighted by Gasteiger charge is -2.15. The van der Waals surface area contributed by atoms with Crippen LogP contribution in [0.2, 0.25) is 25.7 Å². The first-order valence-corrected chi connectivity index (χ1v) is 14.7. The van der Waals surface area contributed by atoms with Crippen LogP contribution in [0.5, 0.6) is 11.8 Å². The van der Waals surface area contributed by atoms with Gasteiger partial charge < -0.3 is 9.47 Å². The van der Waals surface area contributed by atoms with Crippen molar-refractivity contribution in [1.82, 2.24) is 19.7 Å². The van der Waals surface area contributed by atoms with Crippen LogP contribution in [0.4, 0.5) is 8.78 Å². The van der Waals surface area contributed by atoms with Gasteiger partial charge in [-0.1, -0.05) is 56.0 Å². The number of benzene rings is 2. The van der Waals surface area contributed by atoms with Gasteiger partial charge in [0.2, 0.25) is 0 Å². The molecule has 2 heterocycles. The van der Waals surface area contributed by atoms with Gasteiger partial charge in [-0.15, -0.1) is 0 Å². The molecular formula is C25H26F2N4O2Si. The van der Waals surface area contributed by atoms with Crippen molar-refractivity contribution in [3.05, 3.63) is 77.6 Å². The van der Waals surface area contributed by atoms with Crippen LogP contribution in [0.3, 0.4) is 0 Å². The van der Waals surface area contributed by atoms with Crippen molar-refractivity contribution in [1.29, 1.82) is 0 Å². The molecule has 0 aliphatic rings. The van der Waals surface area contributed by atoms with E-state index in [0.29, 0.717) is 23.3 Å². The van der Waals surface area contributed by atoms with E-state index in [4.69, 9.17) is 9.47 Å². The first-order chi connectivity index (χ1) is 16.3. The van der Waals surface area contributed by atoms with E-state index in [1.54, 1.807) is 10.9 Å². The van der Waals surface area contributed by atoms with Gasteiger partial charge in [0.1, 0.15) is 12.5 Å². The molecule has 4 aromatic rings. The Hall–Kier alpha value is -3.43. The van der Waals surface area contributed by atoms with Crippen LogP contribution in [-0.2, 0) is 11.5 Å². The van der Waals surface area contributed by atoms with Gasteiger partial charge in [0.15, 0.2) is 17.2 Å². The van der Waals surface area contributed by atoms with Gasteiger partial charge in [-0.05, 0) is 29.8 Å². The molecule has 0 spiro atoms. The molecule has 34 heavy (non-hydrogen) atoms. The minimum atomic E-state index is -1.23. The van der Waals surface area contributed by atoms with E-state index in [1.165, 1.54) is 6.07 Å². The molecule has 2 aromatic carbocycles. The van der Waals surface area contributed by atoms with Crippen molar-refractivity contribution >= 4 is 31.3 Å². The molecule has 2 aromatic heterocycles. The van der Waals surface area contributed by atoms with E-state index in [9.17, 15) is 8.78 Å². The number of halogens is 2. The monoisotopic (exact) mass is 480 g/mol. The number of ether oxygens (including phenoxy) is 2. The lowest BCUT2D eigenvalue weighted by molar-refractivity contribution is 0.0811. The molecule has 4 rings (SSSR count). The molecule has 0 bridgehead atoms. The molecule has 9 heteroatoms. The van der Waals surface area contributed by atoms with Gasteiger partial charge in [0.05, 0.1) is 11.1 Å². The number of rotatable bonds is 9. The van der Waals surface area contributed by atoms with Crippen LogP contribution in [0.15, 0.2) is 54.7 Å². The Morgan fingerprint density at radius 3 is 2.56 bits per heavy atom. The van der Waals surface area contributed by atoms with Crippen LogP contribution in [0, 0.1) is 11.6 Å². The molecule has 0 aliphatic carbocycles. The molecule has 0 saturated carbocycles. The first-order valence-electron chi connectivity index (χ1n) is 11.0. The Kier molecular flexibility index (Phi) is 7.14. The summed E-state index contributed by atoms with van der Waals surface area (Å²) in [7, 11) is -1.23. The van der Waals surface area contributed by atoms with Crippen molar-refractivity contribution in [2.75, 3.05) is 6.61 Å². The third-order valence-electron chi connectivity index (χ3n) is 5.03. The van der Waals surface area contributed by atoms with Crippen LogP contribution in [-0.4, -0.2) is 34.4 Å². The summed E-state index contributed by atoms with van der Waals surface area (Å²) in [6, 6.07) is 13.9. The molecule has 0 atom stereocenters. The minimum absolute atomic E-state index is 0.0696. The largest absolute Gasteiger partial charge is 0.421 e. The maximum atomic E-state index is 14.0. The van der Waals surface area contributed by atoms with Crippen molar-refractivity contribution in [2.45, 2.75) is 32.4 Å². The van der Waals surface area contributed by atoms with Crippen molar-refractivity contribution in [3.8, 4) is 11.8 Å². The molecule has 0 amide bonds. The molecule has 0 saturated heterocycles. The third kappa shape index (κ3) is 6.12. The quantitative estimate of drug-likeness (QED) is 0.205. The van der Waals surface area contributed by atoms with E-state index >= 15 is 0 Å². The van der Waals surface area contributed by atoms with Crippen LogP contribution in [0.25, 0.3) is 23.2 Å². The summed E-state index contributed by atoms with van der Waals surface area (Å²) in [5.41, 5.74) is 2.20. The van der Waals surface area contributed by atoms with E-state index in [-0.39, 0.29) is 18.5 Å². The SMILES string of the molecule is C[Si](C)(C)CCOCn1nc(/C=C/c2ccccc2)c2cnc(Oc3ccc(F)cc3F)nc21. The average Bonchev–Trinajstić information content (AvgIpc) is 3.14. The second-order valence-corrected chi connectivity index (χ2v) is 14.7. The average molecular weight is 481 g/mol. The smallest absolute Gasteiger partial charge is 0.324 e. The summed E-state index contributed by atoms with van der Waals surface area (Å²) in [5, 5.41) is 5.35. The summed E-state index contributed by atoms with van der Waals surface area (Å²) in [5.74, 6) is -1.69. The Bertz CT molecular complexity index is 1300. The maximum absolute atomic E-state index is 14.0. The Morgan fingerprint density at radius 1 is 1.03 bits per heavy atom. The number of nitrogens with zero attached hydrogens (tertiary/aromatic N) is 4. The molecule has 176 valence electrons. The standard InChI is InChI=1S/C25H26F2N4O2Si/c1-34(2,3)14-13-32-17-31-24-20(22(30-31)11-9-18-7-5-4-6-8-18)16-28-25(29-24)33-23-12-10-19(26)15-21(23)27/h4-12,15-16H,13-14,17H2,1-3H3/b11-9+. The zero-order valence-electron chi connectivity index (χ0n) is 19.3. The summed E-state index contributed by atoms with van der Waals surface area (Å²) < 4.78 is 40.2. The van der Waals surface area contributed by atoms with Crippen LogP contribution >= 0.6 is 0 Å². The van der Waals surface area contributed by atoms with E-state index in [0.717, 1.165) is 23.7 Å². The van der Waals surface area contributed by atoms with Crippen molar-refractivity contribution in [2.24, 2.45) is 0 Å². The molecule has 0 fully saturated rings. The zero-order chi connectivity index (χ0) is 24.1. The predicted octanol–water partition coefficient (Wildman–Crippen LogP) is 6.38. The second kappa shape index (κ2) is 10.2. The Balaban J connectivity index is 1.63. The fourth-order valence-corrected chi connectivity index (χ4v) is 3.91. The predicted molar refractivity (Wildman–Crippen MR) is 131 cm³/mol. The second-order valence-electron chi connectivity index (χ2n) is 9.04. The van der Waals surface area contributed by atoms with Crippen molar-refractivity contribution in [3.63, 3.8) is 0 Å². The summed E-state index contributed by atoms with van der Waals surface area (Å²) >= 11 is 0. The summed E-state index contributed by atoms with van der Waals surface area (Å²) in [6.45, 7) is 7.70. The normalized spacial score (nSPS) is 12.0. The highest BCUT2D eigenvalue weighted by Crippen LogP contribution is 2.25. The van der Waals surface area contributed by atoms with E-state index in [2.05, 4.69) is 34.7 Å². The van der Waals surface area contributed by atoms with Gasteiger partial charge in [0.25, 0.3) is 0 Å².